The lowest BCUT2D eigenvalue weighted by atomic mass is 9.87. The summed E-state index contributed by atoms with van der Waals surface area (Å²) in [6.45, 7) is 3.94. The molecule has 0 atom stereocenters. The molecular formula is C21H17NO3. The van der Waals surface area contributed by atoms with Crippen molar-refractivity contribution in [1.29, 1.82) is 0 Å². The maximum absolute atomic E-state index is 12.3. The van der Waals surface area contributed by atoms with Crippen LogP contribution >= 0.6 is 0 Å². The summed E-state index contributed by atoms with van der Waals surface area (Å²) in [7, 11) is 1.60. The zero-order valence-electron chi connectivity index (χ0n) is 14.3. The molecule has 0 aliphatic carbocycles. The van der Waals surface area contributed by atoms with Gasteiger partial charge in [-0.1, -0.05) is 18.2 Å². The summed E-state index contributed by atoms with van der Waals surface area (Å²) in [5, 5.41) is 1.07. The average Bonchev–Trinajstić information content (AvgIpc) is 3.08. The molecule has 4 nitrogen and oxygen atoms in total. The van der Waals surface area contributed by atoms with E-state index in [9.17, 15) is 9.59 Å². The first-order valence-electron chi connectivity index (χ1n) is 8.07. The molecule has 0 saturated carbocycles. The predicted molar refractivity (Wildman–Crippen MR) is 100 cm³/mol. The van der Waals surface area contributed by atoms with Crippen LogP contribution in [0.3, 0.4) is 0 Å². The smallest absolute Gasteiger partial charge is 0.234 e. The number of ether oxygens (including phenoxy) is 1. The number of rotatable bonds is 3. The van der Waals surface area contributed by atoms with Crippen LogP contribution in [0.2, 0.25) is 0 Å². The van der Waals surface area contributed by atoms with Crippen molar-refractivity contribution in [2.24, 2.45) is 0 Å². The summed E-state index contributed by atoms with van der Waals surface area (Å²) in [6, 6.07) is 11.5. The highest BCUT2D eigenvalue weighted by Crippen LogP contribution is 2.34. The lowest BCUT2D eigenvalue weighted by Gasteiger charge is -2.15. The number of aromatic amines is 1. The van der Waals surface area contributed by atoms with Crippen molar-refractivity contribution in [2.75, 3.05) is 7.11 Å². The second kappa shape index (κ2) is 5.45. The van der Waals surface area contributed by atoms with Crippen LogP contribution in [0, 0.1) is 13.8 Å². The number of fused-ring (bicyclic) bond motifs is 1. The van der Waals surface area contributed by atoms with Crippen molar-refractivity contribution < 1.29 is 4.74 Å². The molecule has 0 amide bonds. The Kier molecular flexibility index (Phi) is 3.35. The quantitative estimate of drug-likeness (QED) is 0.582. The topological polar surface area (TPSA) is 59.2 Å². The van der Waals surface area contributed by atoms with Gasteiger partial charge in [0.05, 0.1) is 7.11 Å². The van der Waals surface area contributed by atoms with Crippen molar-refractivity contribution in [3.05, 3.63) is 74.2 Å². The van der Waals surface area contributed by atoms with E-state index in [1.807, 2.05) is 56.4 Å². The largest absolute Gasteiger partial charge is 0.496 e. The maximum Gasteiger partial charge on any atom is 0.234 e. The average molecular weight is 331 g/mol. The third-order valence-corrected chi connectivity index (χ3v) is 4.88. The predicted octanol–water partition coefficient (Wildman–Crippen LogP) is 3.72. The fourth-order valence-electron chi connectivity index (χ4n) is 3.33. The molecule has 0 aliphatic rings. The van der Waals surface area contributed by atoms with E-state index in [2.05, 4.69) is 4.98 Å². The molecule has 4 rings (SSSR count). The summed E-state index contributed by atoms with van der Waals surface area (Å²) >= 11 is 0. The number of hydrogen-bond donors (Lipinski definition) is 1. The number of hydrogen-bond acceptors (Lipinski definition) is 3. The number of H-pyrrole nitrogens is 1. The van der Waals surface area contributed by atoms with Crippen molar-refractivity contribution in [1.82, 2.24) is 4.98 Å². The number of nitrogens with one attached hydrogen (secondary N) is 1. The molecule has 3 aromatic carbocycles. The van der Waals surface area contributed by atoms with Gasteiger partial charge in [0, 0.05) is 22.8 Å². The Morgan fingerprint density at radius 3 is 2.32 bits per heavy atom. The van der Waals surface area contributed by atoms with Gasteiger partial charge in [0.25, 0.3) is 0 Å². The van der Waals surface area contributed by atoms with Crippen molar-refractivity contribution in [2.45, 2.75) is 13.8 Å². The highest BCUT2D eigenvalue weighted by atomic mass is 16.5. The Bertz CT molecular complexity index is 1190. The van der Waals surface area contributed by atoms with E-state index < -0.39 is 10.9 Å². The monoisotopic (exact) mass is 331 g/mol. The molecule has 0 aliphatic heterocycles. The van der Waals surface area contributed by atoms with Gasteiger partial charge in [0.2, 0.25) is 10.9 Å². The molecular weight excluding hydrogens is 314 g/mol. The number of methoxy groups -OCH3 is 1. The van der Waals surface area contributed by atoms with Gasteiger partial charge in [-0.25, -0.2) is 0 Å². The molecule has 4 aromatic rings. The first-order valence-corrected chi connectivity index (χ1v) is 8.07. The van der Waals surface area contributed by atoms with E-state index in [0.717, 1.165) is 33.2 Å². The maximum atomic E-state index is 12.3. The van der Waals surface area contributed by atoms with Crippen molar-refractivity contribution in [3.63, 3.8) is 0 Å². The standard InChI is InChI=1S/C21H17NO3/c1-11-8-15(10-17(25-3)12(11)2)19-18(20(23)21(19)24)14-5-4-13-6-7-22-16(13)9-14/h4-10,22H,1-3H3. The van der Waals surface area contributed by atoms with Crippen LogP contribution in [-0.4, -0.2) is 12.1 Å². The molecule has 0 radical (unpaired) electrons. The van der Waals surface area contributed by atoms with Crippen LogP contribution in [0.4, 0.5) is 0 Å². The van der Waals surface area contributed by atoms with E-state index in [0.29, 0.717) is 16.9 Å². The highest BCUT2D eigenvalue weighted by molar-refractivity contribution is 5.92. The Morgan fingerprint density at radius 1 is 0.880 bits per heavy atom. The van der Waals surface area contributed by atoms with E-state index in [1.165, 1.54) is 0 Å². The lowest BCUT2D eigenvalue weighted by Crippen LogP contribution is -2.35. The zero-order valence-corrected chi connectivity index (χ0v) is 14.3. The highest BCUT2D eigenvalue weighted by Gasteiger charge is 2.24. The number of aromatic nitrogens is 1. The molecule has 0 saturated heterocycles. The minimum absolute atomic E-state index is 0.432. The van der Waals surface area contributed by atoms with Crippen LogP contribution in [-0.2, 0) is 0 Å². The minimum Gasteiger partial charge on any atom is -0.496 e. The Labute approximate surface area is 144 Å². The fraction of sp³-hybridized carbons (Fsp3) is 0.143. The molecule has 0 fully saturated rings. The van der Waals surface area contributed by atoms with Gasteiger partial charge in [-0.05, 0) is 59.7 Å². The molecule has 0 spiro atoms. The van der Waals surface area contributed by atoms with E-state index in [1.54, 1.807) is 7.11 Å². The Balaban J connectivity index is 1.94. The van der Waals surface area contributed by atoms with Crippen molar-refractivity contribution >= 4 is 10.9 Å². The fourth-order valence-corrected chi connectivity index (χ4v) is 3.33. The SMILES string of the molecule is COc1cc(-c2c(-c3ccc4cc[nH]c4c3)c(=O)c2=O)cc(C)c1C. The van der Waals surface area contributed by atoms with Crippen molar-refractivity contribution in [3.8, 4) is 28.0 Å². The van der Waals surface area contributed by atoms with Crippen LogP contribution in [0.25, 0.3) is 33.2 Å². The molecule has 0 bridgehead atoms. The summed E-state index contributed by atoms with van der Waals surface area (Å²) in [5.74, 6) is 0.716. The molecule has 124 valence electrons. The van der Waals surface area contributed by atoms with E-state index in [4.69, 9.17) is 4.74 Å². The van der Waals surface area contributed by atoms with Crippen LogP contribution in [0.5, 0.6) is 5.75 Å². The molecule has 0 unspecified atom stereocenters. The minimum atomic E-state index is -0.438. The lowest BCUT2D eigenvalue weighted by molar-refractivity contribution is 0.411. The molecule has 1 heterocycles. The normalized spacial score (nSPS) is 11.3. The van der Waals surface area contributed by atoms with Crippen LogP contribution in [0.1, 0.15) is 11.1 Å². The zero-order chi connectivity index (χ0) is 17.7. The van der Waals surface area contributed by atoms with Gasteiger partial charge in [0.15, 0.2) is 0 Å². The summed E-state index contributed by atoms with van der Waals surface area (Å²) in [6.07, 6.45) is 1.85. The first-order chi connectivity index (χ1) is 12.0. The first kappa shape index (κ1) is 15.4. The van der Waals surface area contributed by atoms with Gasteiger partial charge in [0.1, 0.15) is 5.75 Å². The van der Waals surface area contributed by atoms with Crippen LogP contribution < -0.4 is 15.6 Å². The summed E-state index contributed by atoms with van der Waals surface area (Å²) < 4.78 is 5.41. The van der Waals surface area contributed by atoms with Gasteiger partial charge in [-0.2, -0.15) is 0 Å². The van der Waals surface area contributed by atoms with Gasteiger partial charge in [-0.3, -0.25) is 9.59 Å². The van der Waals surface area contributed by atoms with Crippen LogP contribution in [0.15, 0.2) is 52.2 Å². The third kappa shape index (κ3) is 2.22. The summed E-state index contributed by atoms with van der Waals surface area (Å²) in [4.78, 5) is 27.7. The molecule has 1 aromatic heterocycles. The Morgan fingerprint density at radius 2 is 1.60 bits per heavy atom. The number of benzene rings is 2. The van der Waals surface area contributed by atoms with E-state index >= 15 is 0 Å². The third-order valence-electron chi connectivity index (χ3n) is 4.88. The van der Waals surface area contributed by atoms with E-state index in [-0.39, 0.29) is 0 Å². The van der Waals surface area contributed by atoms with Gasteiger partial charge in [-0.15, -0.1) is 0 Å². The summed E-state index contributed by atoms with van der Waals surface area (Å²) in [5.41, 5.74) is 4.55. The second-order valence-corrected chi connectivity index (χ2v) is 6.31. The Hall–Kier alpha value is -3.14. The molecule has 25 heavy (non-hydrogen) atoms. The van der Waals surface area contributed by atoms with Gasteiger partial charge >= 0.3 is 0 Å². The number of aryl methyl sites for hydroxylation is 1. The molecule has 1 N–H and O–H groups in total. The van der Waals surface area contributed by atoms with Gasteiger partial charge < -0.3 is 9.72 Å². The second-order valence-electron chi connectivity index (χ2n) is 6.31. The molecule has 4 heteroatoms.